The third-order valence-corrected chi connectivity index (χ3v) is 3.38. The maximum absolute atomic E-state index is 13.6. The van der Waals surface area contributed by atoms with E-state index in [-0.39, 0.29) is 23.5 Å². The van der Waals surface area contributed by atoms with Crippen LogP contribution in [0.2, 0.25) is 0 Å². The zero-order valence-electron chi connectivity index (χ0n) is 13.0. The van der Waals surface area contributed by atoms with Crippen LogP contribution in [-0.2, 0) is 6.54 Å². The molecule has 7 heteroatoms. The van der Waals surface area contributed by atoms with Crippen LogP contribution in [0.1, 0.15) is 26.6 Å². The molecule has 0 saturated heterocycles. The average molecular weight is 339 g/mol. The highest BCUT2D eigenvalue weighted by Crippen LogP contribution is 2.14. The number of hydrogen-bond donors (Lipinski definition) is 2. The third kappa shape index (κ3) is 4.08. The van der Waals surface area contributed by atoms with Crippen molar-refractivity contribution in [2.75, 3.05) is 5.32 Å². The van der Waals surface area contributed by atoms with Gasteiger partial charge in [0, 0.05) is 11.8 Å². The molecule has 1 aromatic carbocycles. The number of halogens is 1. The Kier molecular flexibility index (Phi) is 4.84. The summed E-state index contributed by atoms with van der Waals surface area (Å²) in [6.07, 6.45) is 2.85. The standard InChI is InChI=1S/C18H14FN3O3/c19-14-5-1-2-6-15(14)22-17(23)12-7-8-20-16(10-12)18(24)21-11-13-4-3-9-25-13/h1-10H,11H2,(H,21,24)(H,22,23). The Hall–Kier alpha value is -3.48. The Balaban J connectivity index is 1.69. The molecule has 2 amide bonds. The number of carbonyl (C=O) groups is 2. The summed E-state index contributed by atoms with van der Waals surface area (Å²) in [7, 11) is 0. The number of nitrogens with zero attached hydrogens (tertiary/aromatic N) is 1. The quantitative estimate of drug-likeness (QED) is 0.748. The van der Waals surface area contributed by atoms with Crippen LogP contribution in [0.3, 0.4) is 0 Å². The predicted molar refractivity (Wildman–Crippen MR) is 88.5 cm³/mol. The molecule has 0 aliphatic rings. The summed E-state index contributed by atoms with van der Waals surface area (Å²) in [5, 5.41) is 5.10. The van der Waals surface area contributed by atoms with Gasteiger partial charge in [0.05, 0.1) is 18.5 Å². The maximum Gasteiger partial charge on any atom is 0.270 e. The van der Waals surface area contributed by atoms with Crippen molar-refractivity contribution < 1.29 is 18.4 Å². The first-order valence-electron chi connectivity index (χ1n) is 7.46. The number of para-hydroxylation sites is 1. The van der Waals surface area contributed by atoms with Crippen LogP contribution >= 0.6 is 0 Å². The van der Waals surface area contributed by atoms with E-state index in [1.54, 1.807) is 18.2 Å². The molecule has 0 saturated carbocycles. The minimum absolute atomic E-state index is 0.0631. The lowest BCUT2D eigenvalue weighted by Gasteiger charge is -2.07. The Morgan fingerprint density at radius 3 is 2.68 bits per heavy atom. The van der Waals surface area contributed by atoms with Gasteiger partial charge in [-0.25, -0.2) is 4.39 Å². The van der Waals surface area contributed by atoms with E-state index in [0.717, 1.165) is 0 Å². The first-order valence-corrected chi connectivity index (χ1v) is 7.46. The molecule has 25 heavy (non-hydrogen) atoms. The molecule has 2 aromatic heterocycles. The summed E-state index contributed by atoms with van der Waals surface area (Å²) < 4.78 is 18.7. The Morgan fingerprint density at radius 2 is 1.92 bits per heavy atom. The van der Waals surface area contributed by atoms with Gasteiger partial charge in [0.15, 0.2) is 0 Å². The molecule has 3 aromatic rings. The third-order valence-electron chi connectivity index (χ3n) is 3.38. The van der Waals surface area contributed by atoms with Crippen LogP contribution in [0.25, 0.3) is 0 Å². The van der Waals surface area contributed by atoms with Crippen molar-refractivity contribution in [1.29, 1.82) is 0 Å². The number of amides is 2. The SMILES string of the molecule is O=C(Nc1ccccc1F)c1ccnc(C(=O)NCc2ccco2)c1. The highest BCUT2D eigenvalue weighted by atomic mass is 19.1. The molecular weight excluding hydrogens is 325 g/mol. The normalized spacial score (nSPS) is 10.3. The van der Waals surface area contributed by atoms with Gasteiger partial charge in [0.1, 0.15) is 17.3 Å². The highest BCUT2D eigenvalue weighted by molar-refractivity contribution is 6.05. The van der Waals surface area contributed by atoms with Gasteiger partial charge in [0.2, 0.25) is 0 Å². The molecule has 2 heterocycles. The van der Waals surface area contributed by atoms with Crippen LogP contribution < -0.4 is 10.6 Å². The van der Waals surface area contributed by atoms with Gasteiger partial charge < -0.3 is 15.1 Å². The van der Waals surface area contributed by atoms with Gasteiger partial charge in [-0.3, -0.25) is 14.6 Å². The van der Waals surface area contributed by atoms with Gasteiger partial charge >= 0.3 is 0 Å². The fourth-order valence-corrected chi connectivity index (χ4v) is 2.12. The van der Waals surface area contributed by atoms with Crippen molar-refractivity contribution >= 4 is 17.5 Å². The van der Waals surface area contributed by atoms with E-state index in [1.807, 2.05) is 0 Å². The van der Waals surface area contributed by atoms with Gasteiger partial charge in [0.25, 0.3) is 11.8 Å². The van der Waals surface area contributed by atoms with Crippen molar-refractivity contribution in [3.63, 3.8) is 0 Å². The van der Waals surface area contributed by atoms with E-state index in [4.69, 9.17) is 4.42 Å². The van der Waals surface area contributed by atoms with Crippen molar-refractivity contribution in [1.82, 2.24) is 10.3 Å². The summed E-state index contributed by atoms with van der Waals surface area (Å²) in [5.74, 6) is -0.923. The topological polar surface area (TPSA) is 84.2 Å². The van der Waals surface area contributed by atoms with Crippen LogP contribution in [0, 0.1) is 5.82 Å². The number of hydrogen-bond acceptors (Lipinski definition) is 4. The minimum atomic E-state index is -0.540. The Labute approximate surface area is 142 Å². The lowest BCUT2D eigenvalue weighted by atomic mass is 10.2. The molecule has 0 atom stereocenters. The Bertz CT molecular complexity index is 894. The molecule has 2 N–H and O–H groups in total. The van der Waals surface area contributed by atoms with E-state index in [2.05, 4.69) is 15.6 Å². The Morgan fingerprint density at radius 1 is 1.08 bits per heavy atom. The fraction of sp³-hybridized carbons (Fsp3) is 0.0556. The van der Waals surface area contributed by atoms with Crippen LogP contribution in [0.15, 0.2) is 65.4 Å². The van der Waals surface area contributed by atoms with Crippen LogP contribution in [-0.4, -0.2) is 16.8 Å². The number of rotatable bonds is 5. The monoisotopic (exact) mass is 339 g/mol. The molecule has 0 spiro atoms. The summed E-state index contributed by atoms with van der Waals surface area (Å²) in [4.78, 5) is 28.3. The summed E-state index contributed by atoms with van der Waals surface area (Å²) in [6.45, 7) is 0.208. The first kappa shape index (κ1) is 16.4. The molecule has 6 nitrogen and oxygen atoms in total. The summed E-state index contributed by atoms with van der Waals surface area (Å²) >= 11 is 0. The number of benzene rings is 1. The van der Waals surface area contributed by atoms with Gasteiger partial charge in [-0.1, -0.05) is 12.1 Å². The average Bonchev–Trinajstić information content (AvgIpc) is 3.15. The summed E-state index contributed by atoms with van der Waals surface area (Å²) in [5.41, 5.74) is 0.335. The van der Waals surface area contributed by atoms with Crippen molar-refractivity contribution in [3.05, 3.63) is 83.8 Å². The number of anilines is 1. The van der Waals surface area contributed by atoms with E-state index >= 15 is 0 Å². The maximum atomic E-state index is 13.6. The van der Waals surface area contributed by atoms with Crippen LogP contribution in [0.4, 0.5) is 10.1 Å². The molecule has 3 rings (SSSR count). The second kappa shape index (κ2) is 7.39. The molecule has 0 radical (unpaired) electrons. The fourth-order valence-electron chi connectivity index (χ4n) is 2.12. The molecule has 0 aliphatic carbocycles. The first-order chi connectivity index (χ1) is 12.1. The lowest BCUT2D eigenvalue weighted by Crippen LogP contribution is -2.24. The number of carbonyl (C=O) groups excluding carboxylic acids is 2. The van der Waals surface area contributed by atoms with Crippen molar-refractivity contribution in [3.8, 4) is 0 Å². The summed E-state index contributed by atoms with van der Waals surface area (Å²) in [6, 6.07) is 12.1. The largest absolute Gasteiger partial charge is 0.467 e. The molecular formula is C18H14FN3O3. The highest BCUT2D eigenvalue weighted by Gasteiger charge is 2.13. The lowest BCUT2D eigenvalue weighted by molar-refractivity contribution is 0.0943. The number of pyridine rings is 1. The molecule has 0 aliphatic heterocycles. The molecule has 0 fully saturated rings. The van der Waals surface area contributed by atoms with Gasteiger partial charge in [-0.2, -0.15) is 0 Å². The zero-order valence-corrected chi connectivity index (χ0v) is 13.0. The van der Waals surface area contributed by atoms with E-state index in [0.29, 0.717) is 5.76 Å². The zero-order chi connectivity index (χ0) is 17.6. The smallest absolute Gasteiger partial charge is 0.270 e. The molecule has 0 bridgehead atoms. The van der Waals surface area contributed by atoms with Gasteiger partial charge in [-0.15, -0.1) is 0 Å². The van der Waals surface area contributed by atoms with Crippen LogP contribution in [0.5, 0.6) is 0 Å². The van der Waals surface area contributed by atoms with Gasteiger partial charge in [-0.05, 0) is 36.4 Å². The van der Waals surface area contributed by atoms with E-state index < -0.39 is 17.6 Å². The van der Waals surface area contributed by atoms with Crippen molar-refractivity contribution in [2.45, 2.75) is 6.54 Å². The second-order valence-corrected chi connectivity index (χ2v) is 5.13. The number of furan rings is 1. The minimum Gasteiger partial charge on any atom is -0.467 e. The molecule has 0 unspecified atom stereocenters. The number of aromatic nitrogens is 1. The van der Waals surface area contributed by atoms with E-state index in [1.165, 1.54) is 42.8 Å². The predicted octanol–water partition coefficient (Wildman–Crippen LogP) is 3.00. The van der Waals surface area contributed by atoms with Crippen molar-refractivity contribution in [2.24, 2.45) is 0 Å². The van der Waals surface area contributed by atoms with E-state index in [9.17, 15) is 14.0 Å². The molecule has 126 valence electrons. The second-order valence-electron chi connectivity index (χ2n) is 5.13. The number of nitrogens with one attached hydrogen (secondary N) is 2.